The zero-order valence-electron chi connectivity index (χ0n) is 9.67. The van der Waals surface area contributed by atoms with Gasteiger partial charge in [0.05, 0.1) is 13.2 Å². The van der Waals surface area contributed by atoms with Gasteiger partial charge < -0.3 is 9.47 Å². The molecule has 2 atom stereocenters. The third-order valence-electron chi connectivity index (χ3n) is 3.36. The maximum atomic E-state index is 5.85. The Hall–Kier alpha value is 1.00. The quantitative estimate of drug-likeness (QED) is 0.570. The molecule has 0 amide bonds. The molecule has 0 radical (unpaired) electrons. The van der Waals surface area contributed by atoms with E-state index in [1.165, 1.54) is 23.7 Å². The summed E-state index contributed by atoms with van der Waals surface area (Å²) < 4.78 is 11.7. The van der Waals surface area contributed by atoms with Crippen molar-refractivity contribution in [2.45, 2.75) is 38.4 Å². The highest BCUT2D eigenvalue weighted by molar-refractivity contribution is 9.44. The fraction of sp³-hybridized carbons (Fsp3) is 0.818. The van der Waals surface area contributed by atoms with Gasteiger partial charge in [0.1, 0.15) is 0 Å². The number of rotatable bonds is 4. The molecule has 2 rings (SSSR count). The summed E-state index contributed by atoms with van der Waals surface area (Å²) in [5, 5.41) is 0. The van der Waals surface area contributed by atoms with Crippen LogP contribution >= 0.6 is 30.7 Å². The van der Waals surface area contributed by atoms with E-state index in [9.17, 15) is 0 Å². The fourth-order valence-electron chi connectivity index (χ4n) is 2.56. The lowest BCUT2D eigenvalue weighted by Crippen LogP contribution is -2.29. The topological polar surface area (TPSA) is 18.5 Å². The van der Waals surface area contributed by atoms with Crippen LogP contribution in [0.2, 0.25) is 0 Å². The van der Waals surface area contributed by atoms with Gasteiger partial charge in [-0.3, -0.25) is 0 Å². The average molecular weight is 325 g/mol. The minimum Gasteiger partial charge on any atom is -0.344 e. The lowest BCUT2D eigenvalue weighted by molar-refractivity contribution is -0.125. The monoisotopic (exact) mass is 324 g/mol. The van der Waals surface area contributed by atoms with Crippen molar-refractivity contribution < 1.29 is 9.47 Å². The van der Waals surface area contributed by atoms with Crippen molar-refractivity contribution in [1.82, 2.24) is 0 Å². The highest BCUT2D eigenvalue weighted by atomic mass is 79.9. The second kappa shape index (κ2) is 5.76. The molecule has 5 heteroatoms. The molecule has 1 spiro atoms. The first-order chi connectivity index (χ1) is 7.64. The van der Waals surface area contributed by atoms with E-state index in [-0.39, 0.29) is 12.1 Å². The van der Waals surface area contributed by atoms with Crippen LogP contribution in [0.4, 0.5) is 0 Å². The van der Waals surface area contributed by atoms with Crippen LogP contribution < -0.4 is 0 Å². The average Bonchev–Trinajstić information content (AvgIpc) is 2.80. The van der Waals surface area contributed by atoms with Gasteiger partial charge in [0.15, 0.2) is 5.79 Å². The summed E-state index contributed by atoms with van der Waals surface area (Å²) in [6, 6.07) is 0. The lowest BCUT2D eigenvalue weighted by Gasteiger charge is -2.26. The normalized spacial score (nSPS) is 25.7. The van der Waals surface area contributed by atoms with Crippen LogP contribution in [0.3, 0.4) is 0 Å². The number of hydrogen-bond donors (Lipinski definition) is 0. The molecular weight excluding hydrogens is 306 g/mol. The molecule has 2 nitrogen and oxygen atoms in total. The molecule has 0 bridgehead atoms. The minimum atomic E-state index is -0.319. The van der Waals surface area contributed by atoms with Crippen molar-refractivity contribution in [3.8, 4) is 0 Å². The Morgan fingerprint density at radius 1 is 1.44 bits per heavy atom. The molecule has 0 aromatic heterocycles. The Morgan fingerprint density at radius 3 is 2.75 bits per heavy atom. The van der Waals surface area contributed by atoms with Crippen LogP contribution in [-0.2, 0) is 9.47 Å². The summed E-state index contributed by atoms with van der Waals surface area (Å²) in [6.07, 6.45) is 5.73. The smallest absolute Gasteiger partial charge is 0.191 e. The Balaban J connectivity index is 1.97. The third kappa shape index (κ3) is 2.87. The summed E-state index contributed by atoms with van der Waals surface area (Å²) in [5.41, 5.74) is 2.92. The van der Waals surface area contributed by atoms with Crippen molar-refractivity contribution in [3.05, 3.63) is 11.1 Å². The molecule has 1 aliphatic heterocycles. The van der Waals surface area contributed by atoms with Crippen LogP contribution in [0, 0.1) is 0 Å². The van der Waals surface area contributed by atoms with Crippen LogP contribution in [-0.4, -0.2) is 25.2 Å². The number of halogens is 1. The van der Waals surface area contributed by atoms with Gasteiger partial charge in [0.25, 0.3) is 0 Å². The number of ether oxygens (including phenoxy) is 2. The molecule has 2 unspecified atom stereocenters. The molecule has 16 heavy (non-hydrogen) atoms. The van der Waals surface area contributed by atoms with E-state index in [2.05, 4.69) is 31.3 Å². The molecule has 1 fully saturated rings. The van der Waals surface area contributed by atoms with Gasteiger partial charge in [-0.05, 0) is 44.2 Å². The molecule has 2 aliphatic rings. The van der Waals surface area contributed by atoms with Gasteiger partial charge in [0, 0.05) is 6.42 Å². The Kier molecular flexibility index (Phi) is 4.84. The molecule has 0 N–H and O–H groups in total. The third-order valence-corrected chi connectivity index (χ3v) is 5.94. The van der Waals surface area contributed by atoms with E-state index < -0.39 is 0 Å². The Morgan fingerprint density at radius 2 is 2.12 bits per heavy atom. The first kappa shape index (κ1) is 13.4. The summed E-state index contributed by atoms with van der Waals surface area (Å²) in [5.74, 6) is -0.319. The molecule has 0 aromatic carbocycles. The Bertz CT molecular complexity index is 286. The van der Waals surface area contributed by atoms with E-state index >= 15 is 0 Å². The van der Waals surface area contributed by atoms with Crippen molar-refractivity contribution in [1.29, 1.82) is 0 Å². The van der Waals surface area contributed by atoms with Crippen LogP contribution in [0.5, 0.6) is 0 Å². The van der Waals surface area contributed by atoms with Gasteiger partial charge in [0.2, 0.25) is 0 Å². The van der Waals surface area contributed by atoms with E-state index in [0.29, 0.717) is 0 Å². The van der Waals surface area contributed by atoms with Crippen LogP contribution in [0.25, 0.3) is 0 Å². The van der Waals surface area contributed by atoms with Gasteiger partial charge in [-0.1, -0.05) is 30.0 Å². The minimum absolute atomic E-state index is 0.0338. The van der Waals surface area contributed by atoms with Gasteiger partial charge in [-0.15, -0.1) is 0 Å². The van der Waals surface area contributed by atoms with E-state index in [1.54, 1.807) is 0 Å². The lowest BCUT2D eigenvalue weighted by atomic mass is 10.0. The standard InChI is InChI=1S/C11H19BrO2P2/c1-9-4-5-11(13-6-7-14-11)10(9)3-2-8-16(12)15/h2-8,15H2,1H3. The molecule has 1 saturated heterocycles. The Labute approximate surface area is 109 Å². The first-order valence-electron chi connectivity index (χ1n) is 5.79. The molecule has 0 aromatic rings. The maximum absolute atomic E-state index is 5.85. The second-order valence-electron chi connectivity index (χ2n) is 4.44. The summed E-state index contributed by atoms with van der Waals surface area (Å²) in [4.78, 5) is 0. The zero-order valence-corrected chi connectivity index (χ0v) is 13.3. The molecule has 92 valence electrons. The van der Waals surface area contributed by atoms with Gasteiger partial charge in [-0.25, -0.2) is 0 Å². The van der Waals surface area contributed by atoms with Crippen LogP contribution in [0.15, 0.2) is 11.1 Å². The molecular formula is C11H19BrO2P2. The summed E-state index contributed by atoms with van der Waals surface area (Å²) in [6.45, 7) is 3.74. The van der Waals surface area contributed by atoms with Gasteiger partial charge >= 0.3 is 0 Å². The van der Waals surface area contributed by atoms with Crippen molar-refractivity contribution in [2.24, 2.45) is 0 Å². The highest BCUT2D eigenvalue weighted by Gasteiger charge is 2.44. The van der Waals surface area contributed by atoms with E-state index in [0.717, 1.165) is 32.5 Å². The predicted octanol–water partition coefficient (Wildman–Crippen LogP) is 4.20. The van der Waals surface area contributed by atoms with E-state index in [1.807, 2.05) is 0 Å². The molecule has 0 saturated carbocycles. The summed E-state index contributed by atoms with van der Waals surface area (Å²) in [7, 11) is 2.85. The fourth-order valence-corrected chi connectivity index (χ4v) is 4.32. The molecule has 1 heterocycles. The second-order valence-corrected chi connectivity index (χ2v) is 12.6. The largest absolute Gasteiger partial charge is 0.344 e. The SMILES string of the molecule is CC1=C(CCCP(P)Br)C2(CC1)OCCO2. The summed E-state index contributed by atoms with van der Waals surface area (Å²) >= 11 is 3.62. The van der Waals surface area contributed by atoms with E-state index in [4.69, 9.17) is 9.47 Å². The van der Waals surface area contributed by atoms with Crippen molar-refractivity contribution in [2.75, 3.05) is 19.4 Å². The maximum Gasteiger partial charge on any atom is 0.191 e. The first-order valence-corrected chi connectivity index (χ1v) is 11.0. The van der Waals surface area contributed by atoms with Crippen molar-refractivity contribution in [3.63, 3.8) is 0 Å². The van der Waals surface area contributed by atoms with Crippen LogP contribution in [0.1, 0.15) is 32.6 Å². The number of allylic oxidation sites excluding steroid dienone is 1. The van der Waals surface area contributed by atoms with Gasteiger partial charge in [-0.2, -0.15) is 0 Å². The zero-order chi connectivity index (χ0) is 11.6. The molecule has 1 aliphatic carbocycles. The number of hydrogen-bond acceptors (Lipinski definition) is 2. The predicted molar refractivity (Wildman–Crippen MR) is 76.2 cm³/mol. The van der Waals surface area contributed by atoms with Crippen molar-refractivity contribution >= 4 is 30.7 Å². The highest BCUT2D eigenvalue weighted by Crippen LogP contribution is 2.53.